The van der Waals surface area contributed by atoms with Gasteiger partial charge in [0.25, 0.3) is 0 Å². The monoisotopic (exact) mass is 420 g/mol. The highest BCUT2D eigenvalue weighted by atomic mass is 14.2. The van der Waals surface area contributed by atoms with Crippen LogP contribution in [0.2, 0.25) is 0 Å². The van der Waals surface area contributed by atoms with Crippen molar-refractivity contribution in [2.24, 2.45) is 0 Å². The number of benzene rings is 3. The molecule has 0 N–H and O–H groups in total. The lowest BCUT2D eigenvalue weighted by atomic mass is 9.79. The zero-order valence-electron chi connectivity index (χ0n) is 20.4. The second-order valence-corrected chi connectivity index (χ2v) is 10.5. The van der Waals surface area contributed by atoms with Gasteiger partial charge in [0.05, 0.1) is 0 Å². The molecule has 3 aromatic carbocycles. The van der Waals surface area contributed by atoms with Gasteiger partial charge in [-0.1, -0.05) is 145 Å². The van der Waals surface area contributed by atoms with E-state index in [1.807, 2.05) is 6.07 Å². The van der Waals surface area contributed by atoms with Crippen LogP contribution in [0.15, 0.2) is 85.5 Å². The molecule has 3 rings (SSSR count). The number of rotatable bonds is 5. The van der Waals surface area contributed by atoms with Crippen LogP contribution in [0.25, 0.3) is 23.8 Å². The number of allylic oxidation sites excluding steroid dienone is 2. The molecule has 0 atom stereocenters. The van der Waals surface area contributed by atoms with Crippen LogP contribution in [0.5, 0.6) is 0 Å². The molecular weight excluding hydrogens is 384 g/mol. The molecule has 0 saturated carbocycles. The quantitative estimate of drug-likeness (QED) is 0.285. The van der Waals surface area contributed by atoms with E-state index in [0.29, 0.717) is 0 Å². The molecule has 0 saturated heterocycles. The highest BCUT2D eigenvalue weighted by Crippen LogP contribution is 2.31. The molecule has 0 aromatic heterocycles. The van der Waals surface area contributed by atoms with Gasteiger partial charge in [0.2, 0.25) is 0 Å². The summed E-state index contributed by atoms with van der Waals surface area (Å²) in [4.78, 5) is 0. The van der Waals surface area contributed by atoms with E-state index in [9.17, 15) is 0 Å². The van der Waals surface area contributed by atoms with Gasteiger partial charge in [-0.05, 0) is 49.8 Å². The Morgan fingerprint density at radius 2 is 1.19 bits per heavy atom. The molecule has 0 unspecified atom stereocenters. The summed E-state index contributed by atoms with van der Waals surface area (Å²) in [6.45, 7) is 18.0. The van der Waals surface area contributed by atoms with E-state index >= 15 is 0 Å². The molecule has 3 aromatic rings. The molecule has 0 heterocycles. The fraction of sp³-hybridized carbons (Fsp3) is 0.250. The Labute approximate surface area is 195 Å². The molecule has 164 valence electrons. The average Bonchev–Trinajstić information content (AvgIpc) is 2.75. The first kappa shape index (κ1) is 23.5. The minimum absolute atomic E-state index is 0.109. The lowest BCUT2D eigenvalue weighted by molar-refractivity contribution is 0.568. The minimum atomic E-state index is 0.109. The SMILES string of the molecule is C=C(C=Cc1ccccc1)c1ccccc1C=Cc1cc(C(C)(C)C)cc(C(C)(C)C)c1. The molecule has 32 heavy (non-hydrogen) atoms. The van der Waals surface area contributed by atoms with Gasteiger partial charge >= 0.3 is 0 Å². The topological polar surface area (TPSA) is 0 Å². The van der Waals surface area contributed by atoms with Crippen LogP contribution in [-0.4, -0.2) is 0 Å². The van der Waals surface area contributed by atoms with Crippen molar-refractivity contribution < 1.29 is 0 Å². The predicted molar refractivity (Wildman–Crippen MR) is 144 cm³/mol. The van der Waals surface area contributed by atoms with E-state index in [-0.39, 0.29) is 10.8 Å². The molecule has 0 aliphatic carbocycles. The van der Waals surface area contributed by atoms with Crippen LogP contribution < -0.4 is 0 Å². The largest absolute Gasteiger partial charge is 0.0911 e. The highest BCUT2D eigenvalue weighted by molar-refractivity contribution is 5.84. The van der Waals surface area contributed by atoms with Crippen molar-refractivity contribution in [3.8, 4) is 0 Å². The fourth-order valence-corrected chi connectivity index (χ4v) is 3.59. The van der Waals surface area contributed by atoms with E-state index in [1.54, 1.807) is 0 Å². The summed E-state index contributed by atoms with van der Waals surface area (Å²) < 4.78 is 0. The van der Waals surface area contributed by atoms with Gasteiger partial charge in [-0.25, -0.2) is 0 Å². The van der Waals surface area contributed by atoms with Crippen molar-refractivity contribution in [1.29, 1.82) is 0 Å². The van der Waals surface area contributed by atoms with Crippen LogP contribution >= 0.6 is 0 Å². The Hall–Kier alpha value is -3.12. The first-order valence-electron chi connectivity index (χ1n) is 11.4. The summed E-state index contributed by atoms with van der Waals surface area (Å²) in [5, 5.41) is 0. The highest BCUT2D eigenvalue weighted by Gasteiger charge is 2.20. The third-order valence-corrected chi connectivity index (χ3v) is 5.73. The lowest BCUT2D eigenvalue weighted by Gasteiger charge is -2.25. The Morgan fingerprint density at radius 1 is 0.625 bits per heavy atom. The predicted octanol–water partition coefficient (Wildman–Crippen LogP) is 9.18. The smallest absolute Gasteiger partial charge is 0.0117 e. The average molecular weight is 421 g/mol. The normalized spacial score (nSPS) is 12.6. The Morgan fingerprint density at radius 3 is 1.78 bits per heavy atom. The van der Waals surface area contributed by atoms with Gasteiger partial charge in [0.15, 0.2) is 0 Å². The zero-order chi connectivity index (χ0) is 23.4. The van der Waals surface area contributed by atoms with E-state index in [1.165, 1.54) is 27.8 Å². The molecule has 0 radical (unpaired) electrons. The molecule has 0 aliphatic rings. The number of hydrogen-bond acceptors (Lipinski definition) is 0. The van der Waals surface area contributed by atoms with Gasteiger partial charge in [0.1, 0.15) is 0 Å². The third-order valence-electron chi connectivity index (χ3n) is 5.73. The van der Waals surface area contributed by atoms with Gasteiger partial charge in [-0.2, -0.15) is 0 Å². The van der Waals surface area contributed by atoms with Crippen molar-refractivity contribution in [3.05, 3.63) is 119 Å². The van der Waals surface area contributed by atoms with Gasteiger partial charge < -0.3 is 0 Å². The van der Waals surface area contributed by atoms with Gasteiger partial charge in [0, 0.05) is 0 Å². The van der Waals surface area contributed by atoms with Crippen LogP contribution in [-0.2, 0) is 10.8 Å². The first-order valence-corrected chi connectivity index (χ1v) is 11.4. The molecule has 0 spiro atoms. The summed E-state index contributed by atoms with van der Waals surface area (Å²) >= 11 is 0. The number of hydrogen-bond donors (Lipinski definition) is 0. The molecular formula is C32H36. The van der Waals surface area contributed by atoms with E-state index in [2.05, 4.69) is 139 Å². The summed E-state index contributed by atoms with van der Waals surface area (Å²) in [5.74, 6) is 0. The second kappa shape index (κ2) is 9.57. The second-order valence-electron chi connectivity index (χ2n) is 10.5. The van der Waals surface area contributed by atoms with Crippen LogP contribution in [0.1, 0.15) is 74.9 Å². The van der Waals surface area contributed by atoms with Gasteiger partial charge in [-0.3, -0.25) is 0 Å². The third kappa shape index (κ3) is 6.20. The maximum Gasteiger partial charge on any atom is -0.0117 e. The summed E-state index contributed by atoms with van der Waals surface area (Å²) in [6.07, 6.45) is 8.66. The maximum atomic E-state index is 4.33. The zero-order valence-corrected chi connectivity index (χ0v) is 20.4. The summed E-state index contributed by atoms with van der Waals surface area (Å²) in [6, 6.07) is 25.8. The maximum absolute atomic E-state index is 4.33. The molecule has 0 bridgehead atoms. The Bertz CT molecular complexity index is 1090. The van der Waals surface area contributed by atoms with Crippen molar-refractivity contribution in [1.82, 2.24) is 0 Å². The molecule has 0 aliphatic heterocycles. The van der Waals surface area contributed by atoms with Crippen LogP contribution in [0.4, 0.5) is 0 Å². The van der Waals surface area contributed by atoms with Crippen LogP contribution in [0, 0.1) is 0 Å². The van der Waals surface area contributed by atoms with Gasteiger partial charge in [-0.15, -0.1) is 0 Å². The van der Waals surface area contributed by atoms with E-state index in [0.717, 1.165) is 11.1 Å². The fourth-order valence-electron chi connectivity index (χ4n) is 3.59. The van der Waals surface area contributed by atoms with Crippen molar-refractivity contribution in [2.75, 3.05) is 0 Å². The summed E-state index contributed by atoms with van der Waals surface area (Å²) in [7, 11) is 0. The van der Waals surface area contributed by atoms with Crippen molar-refractivity contribution in [2.45, 2.75) is 52.4 Å². The molecule has 0 heteroatoms. The summed E-state index contributed by atoms with van der Waals surface area (Å²) in [5.41, 5.74) is 8.70. The minimum Gasteiger partial charge on any atom is -0.0911 e. The Balaban J connectivity index is 1.94. The van der Waals surface area contributed by atoms with E-state index in [4.69, 9.17) is 0 Å². The lowest BCUT2D eigenvalue weighted by Crippen LogP contribution is -2.16. The standard InChI is InChI=1S/C32H36/c1-24(17-18-25-13-9-8-10-14-25)30-16-12-11-15-27(30)20-19-26-21-28(31(2,3)4)23-29(22-26)32(5,6)7/h8-23H,1H2,2-7H3. The molecule has 0 amide bonds. The Kier molecular flexibility index (Phi) is 7.04. The van der Waals surface area contributed by atoms with Crippen molar-refractivity contribution >= 4 is 23.8 Å². The first-order chi connectivity index (χ1) is 15.0. The molecule has 0 fully saturated rings. The van der Waals surface area contributed by atoms with E-state index < -0.39 is 0 Å². The molecule has 0 nitrogen and oxygen atoms in total. The van der Waals surface area contributed by atoms with Crippen LogP contribution in [0.3, 0.4) is 0 Å². The van der Waals surface area contributed by atoms with Crippen molar-refractivity contribution in [3.63, 3.8) is 0 Å².